The number of rotatable bonds is 3. The van der Waals surface area contributed by atoms with E-state index in [1.807, 2.05) is 13.1 Å². The summed E-state index contributed by atoms with van der Waals surface area (Å²) in [6.45, 7) is 4.80. The highest BCUT2D eigenvalue weighted by Crippen LogP contribution is 2.64. The minimum Gasteiger partial charge on any atom is -0.390 e. The number of ketones is 1. The Kier molecular flexibility index (Phi) is 4.76. The zero-order chi connectivity index (χ0) is 22.1. The van der Waals surface area contributed by atoms with Crippen molar-refractivity contribution in [2.75, 3.05) is 0 Å². The molecule has 6 heteroatoms. The van der Waals surface area contributed by atoms with Crippen molar-refractivity contribution in [3.8, 4) is 0 Å². The number of carbonyl (C=O) groups is 1. The molecule has 6 nitrogen and oxygen atoms in total. The Labute approximate surface area is 190 Å². The van der Waals surface area contributed by atoms with Crippen LogP contribution < -0.4 is 0 Å². The van der Waals surface area contributed by atoms with Crippen LogP contribution in [0.4, 0.5) is 0 Å². The fourth-order valence-corrected chi connectivity index (χ4v) is 8.78. The van der Waals surface area contributed by atoms with Gasteiger partial charge in [-0.25, -0.2) is 9.97 Å². The van der Waals surface area contributed by atoms with Crippen LogP contribution in [0.2, 0.25) is 0 Å². The van der Waals surface area contributed by atoms with E-state index in [9.17, 15) is 9.90 Å². The van der Waals surface area contributed by atoms with Gasteiger partial charge in [-0.3, -0.25) is 9.48 Å². The summed E-state index contributed by atoms with van der Waals surface area (Å²) < 4.78 is 1.77. The smallest absolute Gasteiger partial charge is 0.184 e. The van der Waals surface area contributed by atoms with Gasteiger partial charge in [0, 0.05) is 18.3 Å². The number of fused-ring (bicyclic) bond motifs is 6. The Morgan fingerprint density at radius 3 is 2.78 bits per heavy atom. The fraction of sp³-hybridized carbons (Fsp3) is 0.769. The van der Waals surface area contributed by atoms with Crippen molar-refractivity contribution in [1.82, 2.24) is 19.7 Å². The van der Waals surface area contributed by atoms with Crippen LogP contribution in [-0.4, -0.2) is 36.2 Å². The average Bonchev–Trinajstić information content (AvgIpc) is 3.32. The van der Waals surface area contributed by atoms with Crippen LogP contribution in [0.1, 0.15) is 71.6 Å². The molecule has 4 fully saturated rings. The summed E-state index contributed by atoms with van der Waals surface area (Å²) >= 11 is 0. The Morgan fingerprint density at radius 2 is 1.94 bits per heavy atom. The molecular weight excluding hydrogens is 400 g/mol. The molecule has 172 valence electrons. The molecule has 0 unspecified atom stereocenters. The zero-order valence-corrected chi connectivity index (χ0v) is 19.4. The van der Waals surface area contributed by atoms with Crippen molar-refractivity contribution in [2.45, 2.75) is 83.8 Å². The second-order valence-corrected chi connectivity index (χ2v) is 11.9. The van der Waals surface area contributed by atoms with Crippen LogP contribution in [0, 0.1) is 40.9 Å². The standard InChI is InChI=1S/C26H36N4O2/c1-25(32)9-7-18-16(11-25)3-4-20-19(18)8-10-26(2)21(20)5-6-22(26)23(31)14-30-13-17-12-27-15-28-24(17)29-30/h12-13,15-16,18-22,32H,3-11,14H2,1-2H3/t16-,18+,19-,20-,21+,22-,25-,26+/m1/s1. The minimum atomic E-state index is -0.453. The normalized spacial score (nSPS) is 43.5. The molecule has 4 saturated carbocycles. The predicted octanol–water partition coefficient (Wildman–Crippen LogP) is 4.42. The first kappa shape index (κ1) is 20.8. The third kappa shape index (κ3) is 3.24. The average molecular weight is 437 g/mol. The number of Topliss-reactive ketones (excluding diaryl/α,β-unsaturated/α-hetero) is 1. The van der Waals surface area contributed by atoms with Crippen molar-refractivity contribution < 1.29 is 9.90 Å². The molecule has 0 aromatic carbocycles. The third-order valence-electron chi connectivity index (χ3n) is 10.2. The molecule has 4 aliphatic carbocycles. The summed E-state index contributed by atoms with van der Waals surface area (Å²) in [5.41, 5.74) is 0.342. The quantitative estimate of drug-likeness (QED) is 0.771. The molecular formula is C26H36N4O2. The molecule has 0 radical (unpaired) electrons. The van der Waals surface area contributed by atoms with Crippen molar-refractivity contribution >= 4 is 16.8 Å². The summed E-state index contributed by atoms with van der Waals surface area (Å²) in [6, 6.07) is 0. The van der Waals surface area contributed by atoms with E-state index in [0.29, 0.717) is 29.8 Å². The lowest BCUT2D eigenvalue weighted by Gasteiger charge is -2.56. The zero-order valence-electron chi connectivity index (χ0n) is 19.4. The highest BCUT2D eigenvalue weighted by Gasteiger charge is 2.58. The van der Waals surface area contributed by atoms with Gasteiger partial charge in [-0.05, 0) is 99.7 Å². The molecule has 0 bridgehead atoms. The largest absolute Gasteiger partial charge is 0.390 e. The van der Waals surface area contributed by atoms with Crippen LogP contribution in [0.15, 0.2) is 18.7 Å². The number of aliphatic hydroxyl groups is 1. The number of carbonyl (C=O) groups excluding carboxylic acids is 1. The third-order valence-corrected chi connectivity index (χ3v) is 10.2. The lowest BCUT2D eigenvalue weighted by atomic mass is 9.49. The first-order valence-electron chi connectivity index (χ1n) is 12.7. The molecule has 6 rings (SSSR count). The molecule has 2 aromatic rings. The number of nitrogens with zero attached hydrogens (tertiary/aromatic N) is 4. The van der Waals surface area contributed by atoms with Gasteiger partial charge in [0.15, 0.2) is 11.4 Å². The predicted molar refractivity (Wildman–Crippen MR) is 122 cm³/mol. The van der Waals surface area contributed by atoms with Crippen LogP contribution in [0.5, 0.6) is 0 Å². The van der Waals surface area contributed by atoms with Gasteiger partial charge in [0.25, 0.3) is 0 Å². The van der Waals surface area contributed by atoms with E-state index in [1.165, 1.54) is 44.9 Å². The molecule has 32 heavy (non-hydrogen) atoms. The molecule has 2 aromatic heterocycles. The topological polar surface area (TPSA) is 80.9 Å². The van der Waals surface area contributed by atoms with Crippen LogP contribution in [0.25, 0.3) is 11.0 Å². The lowest BCUT2D eigenvalue weighted by molar-refractivity contribution is -0.133. The van der Waals surface area contributed by atoms with E-state index >= 15 is 0 Å². The van der Waals surface area contributed by atoms with E-state index in [2.05, 4.69) is 22.0 Å². The highest BCUT2D eigenvalue weighted by atomic mass is 16.3. The first-order chi connectivity index (χ1) is 15.3. The van der Waals surface area contributed by atoms with Gasteiger partial charge >= 0.3 is 0 Å². The Hall–Kier alpha value is -1.82. The second kappa shape index (κ2) is 7.34. The Balaban J connectivity index is 1.18. The first-order valence-corrected chi connectivity index (χ1v) is 12.7. The van der Waals surface area contributed by atoms with E-state index in [4.69, 9.17) is 0 Å². The van der Waals surface area contributed by atoms with Crippen LogP contribution >= 0.6 is 0 Å². The number of aromatic nitrogens is 4. The summed E-state index contributed by atoms with van der Waals surface area (Å²) in [5, 5.41) is 16.0. The molecule has 8 atom stereocenters. The minimum absolute atomic E-state index is 0.137. The molecule has 1 N–H and O–H groups in total. The summed E-state index contributed by atoms with van der Waals surface area (Å²) in [4.78, 5) is 21.7. The molecule has 0 aliphatic heterocycles. The van der Waals surface area contributed by atoms with Gasteiger partial charge in [-0.2, -0.15) is 5.10 Å². The molecule has 0 spiro atoms. The van der Waals surface area contributed by atoms with Crippen molar-refractivity contribution in [3.63, 3.8) is 0 Å². The van der Waals surface area contributed by atoms with Gasteiger partial charge in [0.1, 0.15) is 6.33 Å². The van der Waals surface area contributed by atoms with Crippen LogP contribution in [-0.2, 0) is 11.3 Å². The van der Waals surface area contributed by atoms with Crippen molar-refractivity contribution in [1.29, 1.82) is 0 Å². The number of hydrogen-bond donors (Lipinski definition) is 1. The summed E-state index contributed by atoms with van der Waals surface area (Å²) in [5.74, 6) is 4.27. The maximum absolute atomic E-state index is 13.5. The van der Waals surface area contributed by atoms with Crippen LogP contribution in [0.3, 0.4) is 0 Å². The molecule has 0 amide bonds. The summed E-state index contributed by atoms with van der Waals surface area (Å²) in [7, 11) is 0. The van der Waals surface area contributed by atoms with Gasteiger partial charge in [-0.1, -0.05) is 6.92 Å². The van der Waals surface area contributed by atoms with Gasteiger partial charge in [-0.15, -0.1) is 0 Å². The van der Waals surface area contributed by atoms with E-state index in [1.54, 1.807) is 10.9 Å². The SMILES string of the molecule is C[C@@]1(O)CC[C@H]2[C@H](CC[C@@H]3[C@@H]2CC[C@]2(C)[C@@H](C(=O)Cn4cc5cncnc5n4)CC[C@@H]32)C1. The Bertz CT molecular complexity index is 999. The lowest BCUT2D eigenvalue weighted by Crippen LogP contribution is -2.51. The molecule has 2 heterocycles. The monoisotopic (exact) mass is 436 g/mol. The highest BCUT2D eigenvalue weighted by molar-refractivity contribution is 5.82. The second-order valence-electron chi connectivity index (χ2n) is 11.9. The van der Waals surface area contributed by atoms with E-state index in [0.717, 1.165) is 42.4 Å². The summed E-state index contributed by atoms with van der Waals surface area (Å²) in [6.07, 6.45) is 15.6. The maximum atomic E-state index is 13.5. The van der Waals surface area contributed by atoms with Crippen molar-refractivity contribution in [3.05, 3.63) is 18.7 Å². The fourth-order valence-electron chi connectivity index (χ4n) is 8.78. The van der Waals surface area contributed by atoms with Crippen molar-refractivity contribution in [2.24, 2.45) is 40.9 Å². The van der Waals surface area contributed by atoms with E-state index < -0.39 is 5.60 Å². The van der Waals surface area contributed by atoms with Gasteiger partial charge in [0.05, 0.1) is 17.5 Å². The van der Waals surface area contributed by atoms with Gasteiger partial charge < -0.3 is 5.11 Å². The maximum Gasteiger partial charge on any atom is 0.184 e. The molecule has 4 aliphatic rings. The number of hydrogen-bond acceptors (Lipinski definition) is 5. The van der Waals surface area contributed by atoms with E-state index in [-0.39, 0.29) is 11.3 Å². The molecule has 0 saturated heterocycles. The Morgan fingerprint density at radius 1 is 1.09 bits per heavy atom. The van der Waals surface area contributed by atoms with Gasteiger partial charge in [0.2, 0.25) is 0 Å².